The molecule has 0 aliphatic heterocycles. The van der Waals surface area contributed by atoms with Crippen LogP contribution in [-0.2, 0) is 11.3 Å². The van der Waals surface area contributed by atoms with E-state index in [0.29, 0.717) is 17.9 Å². The normalized spacial score (nSPS) is 11.7. The van der Waals surface area contributed by atoms with Crippen molar-refractivity contribution in [2.45, 2.75) is 32.9 Å². The summed E-state index contributed by atoms with van der Waals surface area (Å²) in [5.41, 5.74) is 0.748. The first-order chi connectivity index (χ1) is 10.9. The first-order valence-corrected chi connectivity index (χ1v) is 7.33. The molecule has 1 rings (SSSR count). The van der Waals surface area contributed by atoms with Gasteiger partial charge in [0, 0.05) is 18.2 Å². The number of benzene rings is 1. The van der Waals surface area contributed by atoms with Crippen LogP contribution in [-0.4, -0.2) is 32.3 Å². The highest BCUT2D eigenvalue weighted by atomic mass is 16.5. The molecular weight excluding hydrogens is 300 g/mol. The average Bonchev–Trinajstić information content (AvgIpc) is 2.51. The van der Waals surface area contributed by atoms with Gasteiger partial charge in [0.15, 0.2) is 0 Å². The van der Waals surface area contributed by atoms with Gasteiger partial charge in [-0.15, -0.1) is 0 Å². The van der Waals surface area contributed by atoms with Crippen LogP contribution >= 0.6 is 0 Å². The Hall–Kier alpha value is -2.44. The van der Waals surface area contributed by atoms with Crippen LogP contribution in [0.1, 0.15) is 25.8 Å². The second kappa shape index (κ2) is 8.87. The molecule has 0 heterocycles. The summed E-state index contributed by atoms with van der Waals surface area (Å²) in [7, 11) is 3.07. The average molecular weight is 323 g/mol. The van der Waals surface area contributed by atoms with Crippen molar-refractivity contribution in [3.05, 3.63) is 23.8 Å². The van der Waals surface area contributed by atoms with Gasteiger partial charge in [0.2, 0.25) is 0 Å². The second-order valence-corrected chi connectivity index (χ2v) is 5.51. The minimum Gasteiger partial charge on any atom is -0.548 e. The van der Waals surface area contributed by atoms with Crippen LogP contribution in [0, 0.1) is 5.92 Å². The van der Waals surface area contributed by atoms with Gasteiger partial charge in [-0.1, -0.05) is 13.8 Å². The molecule has 0 aromatic heterocycles. The number of hydrogen-bond acceptors (Lipinski definition) is 5. The number of ether oxygens (including phenoxy) is 2. The van der Waals surface area contributed by atoms with Gasteiger partial charge in [-0.05, 0) is 24.5 Å². The molecule has 1 atom stereocenters. The Labute approximate surface area is 136 Å². The number of amides is 2. The zero-order valence-corrected chi connectivity index (χ0v) is 13.8. The van der Waals surface area contributed by atoms with E-state index >= 15 is 0 Å². The lowest BCUT2D eigenvalue weighted by molar-refractivity contribution is -0.308. The summed E-state index contributed by atoms with van der Waals surface area (Å²) < 4.78 is 10.3. The van der Waals surface area contributed by atoms with Crippen molar-refractivity contribution in [2.24, 2.45) is 5.92 Å². The van der Waals surface area contributed by atoms with Crippen molar-refractivity contribution < 1.29 is 24.2 Å². The zero-order chi connectivity index (χ0) is 17.4. The van der Waals surface area contributed by atoms with Crippen LogP contribution in [0.25, 0.3) is 0 Å². The van der Waals surface area contributed by atoms with Gasteiger partial charge in [-0.25, -0.2) is 4.79 Å². The van der Waals surface area contributed by atoms with E-state index in [2.05, 4.69) is 10.6 Å². The van der Waals surface area contributed by atoms with E-state index in [1.165, 1.54) is 7.11 Å². The summed E-state index contributed by atoms with van der Waals surface area (Å²) in [4.78, 5) is 22.9. The summed E-state index contributed by atoms with van der Waals surface area (Å²) in [6.07, 6.45) is 0.307. The molecule has 0 aliphatic carbocycles. The van der Waals surface area contributed by atoms with Gasteiger partial charge in [0.05, 0.1) is 26.2 Å². The van der Waals surface area contributed by atoms with E-state index in [-0.39, 0.29) is 12.5 Å². The third kappa shape index (κ3) is 6.06. The third-order valence-electron chi connectivity index (χ3n) is 3.23. The first-order valence-electron chi connectivity index (χ1n) is 7.33. The topological polar surface area (TPSA) is 99.7 Å². The molecule has 0 saturated carbocycles. The van der Waals surface area contributed by atoms with Crippen LogP contribution in [0.3, 0.4) is 0 Å². The SMILES string of the molecule is COc1ccc(CNC(=O)N[C@@H](CC(C)C)C(=O)[O-])c(OC)c1. The molecule has 0 unspecified atom stereocenters. The van der Waals surface area contributed by atoms with Crippen LogP contribution in [0.5, 0.6) is 11.5 Å². The van der Waals surface area contributed by atoms with E-state index in [1.54, 1.807) is 25.3 Å². The monoisotopic (exact) mass is 323 g/mol. The smallest absolute Gasteiger partial charge is 0.315 e. The van der Waals surface area contributed by atoms with Gasteiger partial charge in [-0.2, -0.15) is 0 Å². The molecule has 0 spiro atoms. The van der Waals surface area contributed by atoms with Crippen molar-refractivity contribution in [3.8, 4) is 11.5 Å². The molecule has 128 valence electrons. The van der Waals surface area contributed by atoms with E-state index in [1.807, 2.05) is 13.8 Å². The summed E-state index contributed by atoms with van der Waals surface area (Å²) in [6, 6.07) is 3.63. The van der Waals surface area contributed by atoms with Crippen LogP contribution < -0.4 is 25.2 Å². The molecule has 0 aliphatic rings. The Morgan fingerprint density at radius 1 is 1.22 bits per heavy atom. The van der Waals surface area contributed by atoms with Crippen LogP contribution in [0.4, 0.5) is 4.79 Å². The minimum absolute atomic E-state index is 0.125. The molecule has 23 heavy (non-hydrogen) atoms. The highest BCUT2D eigenvalue weighted by Gasteiger charge is 2.15. The van der Waals surface area contributed by atoms with Gasteiger partial charge in [0.1, 0.15) is 11.5 Å². The van der Waals surface area contributed by atoms with Crippen molar-refractivity contribution in [3.63, 3.8) is 0 Å². The molecule has 0 radical (unpaired) electrons. The highest BCUT2D eigenvalue weighted by molar-refractivity contribution is 5.81. The zero-order valence-electron chi connectivity index (χ0n) is 13.8. The number of aliphatic carboxylic acids is 1. The van der Waals surface area contributed by atoms with Crippen LogP contribution in [0.2, 0.25) is 0 Å². The Morgan fingerprint density at radius 3 is 2.43 bits per heavy atom. The lowest BCUT2D eigenvalue weighted by Crippen LogP contribution is -2.51. The maximum absolute atomic E-state index is 11.9. The molecule has 0 bridgehead atoms. The number of carbonyl (C=O) groups is 2. The minimum atomic E-state index is -1.30. The number of carbonyl (C=O) groups excluding carboxylic acids is 2. The Bertz CT molecular complexity index is 545. The third-order valence-corrected chi connectivity index (χ3v) is 3.23. The molecule has 1 aromatic rings. The number of carboxylic acid groups (broad SMARTS) is 1. The van der Waals surface area contributed by atoms with Crippen molar-refractivity contribution in [1.82, 2.24) is 10.6 Å². The number of rotatable bonds is 8. The Kier molecular flexibility index (Phi) is 7.18. The molecular formula is C16H23N2O5-. The Morgan fingerprint density at radius 2 is 1.91 bits per heavy atom. The number of methoxy groups -OCH3 is 2. The van der Waals surface area contributed by atoms with Crippen molar-refractivity contribution >= 4 is 12.0 Å². The fourth-order valence-corrected chi connectivity index (χ4v) is 2.07. The van der Waals surface area contributed by atoms with Gasteiger partial charge in [-0.3, -0.25) is 0 Å². The molecule has 1 aromatic carbocycles. The summed E-state index contributed by atoms with van der Waals surface area (Å²) in [6.45, 7) is 3.94. The van der Waals surface area contributed by atoms with Gasteiger partial charge >= 0.3 is 6.03 Å². The standard InChI is InChI=1S/C16H24N2O5/c1-10(2)7-13(15(19)20)18-16(21)17-9-11-5-6-12(22-3)8-14(11)23-4/h5-6,8,10,13H,7,9H2,1-4H3,(H,19,20)(H2,17,18,21)/p-1/t13-/m0/s1. The van der Waals surface area contributed by atoms with E-state index in [0.717, 1.165) is 5.56 Å². The fourth-order valence-electron chi connectivity index (χ4n) is 2.07. The Balaban J connectivity index is 2.63. The lowest BCUT2D eigenvalue weighted by atomic mass is 10.0. The van der Waals surface area contributed by atoms with E-state index in [9.17, 15) is 14.7 Å². The molecule has 2 N–H and O–H groups in total. The highest BCUT2D eigenvalue weighted by Crippen LogP contribution is 2.24. The molecule has 2 amide bonds. The largest absolute Gasteiger partial charge is 0.548 e. The maximum atomic E-state index is 11.9. The van der Waals surface area contributed by atoms with Crippen molar-refractivity contribution in [2.75, 3.05) is 14.2 Å². The van der Waals surface area contributed by atoms with Gasteiger partial charge in [0.25, 0.3) is 0 Å². The fraction of sp³-hybridized carbons (Fsp3) is 0.500. The summed E-state index contributed by atoms with van der Waals surface area (Å²) in [5.74, 6) is 0.0445. The summed E-state index contributed by atoms with van der Waals surface area (Å²) >= 11 is 0. The van der Waals surface area contributed by atoms with E-state index < -0.39 is 18.0 Å². The summed E-state index contributed by atoms with van der Waals surface area (Å²) in [5, 5.41) is 16.0. The quantitative estimate of drug-likeness (QED) is 0.732. The number of nitrogens with one attached hydrogen (secondary N) is 2. The van der Waals surface area contributed by atoms with Gasteiger partial charge < -0.3 is 30.0 Å². The number of hydrogen-bond donors (Lipinski definition) is 2. The molecule has 0 saturated heterocycles. The number of urea groups is 1. The number of carboxylic acids is 1. The second-order valence-electron chi connectivity index (χ2n) is 5.51. The lowest BCUT2D eigenvalue weighted by Gasteiger charge is -2.21. The maximum Gasteiger partial charge on any atom is 0.315 e. The predicted octanol–water partition coefficient (Wildman–Crippen LogP) is 0.668. The molecule has 0 fully saturated rings. The van der Waals surface area contributed by atoms with E-state index in [4.69, 9.17) is 9.47 Å². The van der Waals surface area contributed by atoms with Crippen LogP contribution in [0.15, 0.2) is 18.2 Å². The predicted molar refractivity (Wildman–Crippen MR) is 83.2 cm³/mol. The first kappa shape index (κ1) is 18.6. The molecule has 7 heteroatoms. The van der Waals surface area contributed by atoms with Crippen molar-refractivity contribution in [1.29, 1.82) is 0 Å². The molecule has 7 nitrogen and oxygen atoms in total.